The van der Waals surface area contributed by atoms with Crippen molar-refractivity contribution in [2.75, 3.05) is 13.1 Å². The van der Waals surface area contributed by atoms with Crippen molar-refractivity contribution in [2.45, 2.75) is 25.7 Å². The first-order valence-corrected chi connectivity index (χ1v) is 13.7. The lowest BCUT2D eigenvalue weighted by Gasteiger charge is -2.54. The Bertz CT molecular complexity index is 1010. The van der Waals surface area contributed by atoms with Crippen LogP contribution in [0.3, 0.4) is 0 Å². The van der Waals surface area contributed by atoms with Gasteiger partial charge in [0.05, 0.1) is 23.8 Å². The van der Waals surface area contributed by atoms with Crippen LogP contribution < -0.4 is 5.32 Å². The fourth-order valence-corrected chi connectivity index (χ4v) is 6.83. The summed E-state index contributed by atoms with van der Waals surface area (Å²) in [5.74, 6) is 1.79. The fourth-order valence-electron chi connectivity index (χ4n) is 4.65. The molecule has 0 bridgehead atoms. The van der Waals surface area contributed by atoms with Gasteiger partial charge in [-0.25, -0.2) is 9.44 Å². The minimum absolute atomic E-state index is 0.557. The summed E-state index contributed by atoms with van der Waals surface area (Å²) in [6, 6.07) is 4.38. The van der Waals surface area contributed by atoms with Crippen LogP contribution in [0, 0.1) is 12.3 Å². The van der Waals surface area contributed by atoms with E-state index in [0.717, 1.165) is 4.60 Å². The molecule has 5 nitrogen and oxygen atoms in total. The summed E-state index contributed by atoms with van der Waals surface area (Å²) in [4.78, 5) is 4.94. The zero-order valence-electron chi connectivity index (χ0n) is 14.7. The molecule has 1 saturated carbocycles. The Hall–Kier alpha value is -0.500. The summed E-state index contributed by atoms with van der Waals surface area (Å²) >= 11 is 6.14. The van der Waals surface area contributed by atoms with Gasteiger partial charge in [0.25, 0.3) is 0 Å². The Labute approximate surface area is 175 Å². The van der Waals surface area contributed by atoms with E-state index in [1.807, 2.05) is 6.20 Å². The van der Waals surface area contributed by atoms with Gasteiger partial charge in [0.1, 0.15) is 10.4 Å². The minimum atomic E-state index is 0.557. The maximum atomic E-state index is 4.94. The van der Waals surface area contributed by atoms with Crippen molar-refractivity contribution in [3.05, 3.63) is 34.3 Å². The molecule has 0 radical (unpaired) electrons. The molecule has 1 atom stereocenters. The van der Waals surface area contributed by atoms with Crippen LogP contribution in [0.25, 0.3) is 22.2 Å². The smallest absolute Gasteiger partial charge is 0.132 e. The highest BCUT2D eigenvalue weighted by Crippen LogP contribution is 2.53. The van der Waals surface area contributed by atoms with Gasteiger partial charge in [-0.1, -0.05) is 6.07 Å². The van der Waals surface area contributed by atoms with E-state index in [9.17, 15) is 0 Å². The fraction of sp³-hybridized carbons (Fsp3) is 0.444. The maximum Gasteiger partial charge on any atom is 0.132 e. The molecule has 1 saturated heterocycles. The SMILES string of the molecule is Cc1ccc2c(cnn2PI)c1-c1c(Br)nc(C2CC3(CNC3)C2)n1C. The molecular weight excluding hydrogens is 524 g/mol. The molecule has 1 spiro atoms. The molecule has 2 aliphatic rings. The van der Waals surface area contributed by atoms with Gasteiger partial charge < -0.3 is 9.88 Å². The van der Waals surface area contributed by atoms with Crippen molar-refractivity contribution in [1.82, 2.24) is 24.4 Å². The Kier molecular flexibility index (Phi) is 4.23. The zero-order chi connectivity index (χ0) is 18.1. The second kappa shape index (κ2) is 6.26. The number of imidazole rings is 1. The van der Waals surface area contributed by atoms with Crippen LogP contribution in [-0.4, -0.2) is 32.2 Å². The van der Waals surface area contributed by atoms with Crippen LogP contribution in [-0.2, 0) is 7.05 Å². The summed E-state index contributed by atoms with van der Waals surface area (Å²) < 4.78 is 5.32. The van der Waals surface area contributed by atoms with E-state index >= 15 is 0 Å². The largest absolute Gasteiger partial charge is 0.330 e. The maximum absolute atomic E-state index is 4.94. The van der Waals surface area contributed by atoms with Crippen molar-refractivity contribution < 1.29 is 0 Å². The molecule has 8 heteroatoms. The molecule has 2 aromatic heterocycles. The number of hydrogen-bond donors (Lipinski definition) is 1. The summed E-state index contributed by atoms with van der Waals surface area (Å²) in [5, 5.41) is 9.21. The van der Waals surface area contributed by atoms with Crippen molar-refractivity contribution in [3.63, 3.8) is 0 Å². The van der Waals surface area contributed by atoms with E-state index in [-0.39, 0.29) is 0 Å². The van der Waals surface area contributed by atoms with Crippen LogP contribution in [0.1, 0.15) is 30.1 Å². The van der Waals surface area contributed by atoms with Gasteiger partial charge in [0.2, 0.25) is 0 Å². The highest BCUT2D eigenvalue weighted by Gasteiger charge is 2.50. The van der Waals surface area contributed by atoms with Crippen molar-refractivity contribution in [2.24, 2.45) is 12.5 Å². The Morgan fingerprint density at radius 1 is 1.35 bits per heavy atom. The first-order chi connectivity index (χ1) is 12.5. The summed E-state index contributed by atoms with van der Waals surface area (Å²) in [6.45, 7) is 4.53. The third-order valence-corrected chi connectivity index (χ3v) is 8.53. The Morgan fingerprint density at radius 2 is 2.12 bits per heavy atom. The van der Waals surface area contributed by atoms with Crippen LogP contribution in [0.2, 0.25) is 0 Å². The van der Waals surface area contributed by atoms with E-state index in [1.165, 1.54) is 59.5 Å². The van der Waals surface area contributed by atoms with Gasteiger partial charge in [-0.05, 0) is 74.8 Å². The molecule has 1 aliphatic heterocycles. The predicted octanol–water partition coefficient (Wildman–Crippen LogP) is 4.77. The molecule has 1 N–H and O–H groups in total. The molecule has 136 valence electrons. The normalized spacial score (nSPS) is 19.5. The number of aryl methyl sites for hydroxylation is 1. The number of rotatable bonds is 3. The van der Waals surface area contributed by atoms with E-state index < -0.39 is 0 Å². The molecular formula is C18H20BrIN5P. The monoisotopic (exact) mass is 543 g/mol. The van der Waals surface area contributed by atoms with Gasteiger partial charge in [0.15, 0.2) is 0 Å². The molecule has 2 fully saturated rings. The molecule has 5 rings (SSSR count). The van der Waals surface area contributed by atoms with Gasteiger partial charge in [0, 0.05) is 37.0 Å². The molecule has 1 aromatic carbocycles. The highest BCUT2D eigenvalue weighted by atomic mass is 127. The average Bonchev–Trinajstić information content (AvgIpc) is 3.07. The molecule has 26 heavy (non-hydrogen) atoms. The van der Waals surface area contributed by atoms with Gasteiger partial charge in [-0.15, -0.1) is 0 Å². The van der Waals surface area contributed by atoms with Crippen LogP contribution in [0.5, 0.6) is 0 Å². The predicted molar refractivity (Wildman–Crippen MR) is 119 cm³/mol. The van der Waals surface area contributed by atoms with Gasteiger partial charge >= 0.3 is 0 Å². The second-order valence-electron chi connectivity index (χ2n) is 7.71. The molecule has 3 aromatic rings. The average molecular weight is 544 g/mol. The summed E-state index contributed by atoms with van der Waals surface area (Å²) in [6.07, 6.45) is 5.12. The Morgan fingerprint density at radius 3 is 2.77 bits per heavy atom. The number of benzene rings is 1. The standard InChI is InChI=1S/C18H20BrIN5P/c1-10-3-4-13-12(7-22-25(13)26-20)14(10)15-16(19)23-17(24(15)2)11-5-18(6-11)8-21-9-18/h3-4,7,11,21,26H,5-6,8-9H2,1-2H3. The van der Waals surface area contributed by atoms with Gasteiger partial charge in [-0.3, -0.25) is 0 Å². The van der Waals surface area contributed by atoms with Crippen molar-refractivity contribution in [3.8, 4) is 11.3 Å². The highest BCUT2D eigenvalue weighted by molar-refractivity contribution is 14.2. The topological polar surface area (TPSA) is 47.7 Å². The van der Waals surface area contributed by atoms with Crippen molar-refractivity contribution in [1.29, 1.82) is 0 Å². The summed E-state index contributed by atoms with van der Waals surface area (Å²) in [7, 11) is 2.16. The third-order valence-electron chi connectivity index (χ3n) is 6.09. The number of nitrogens with one attached hydrogen (secondary N) is 1. The number of hydrogen-bond acceptors (Lipinski definition) is 3. The molecule has 0 amide bonds. The number of fused-ring (bicyclic) bond motifs is 1. The van der Waals surface area contributed by atoms with Crippen LogP contribution in [0.4, 0.5) is 0 Å². The Balaban J connectivity index is 1.62. The lowest BCUT2D eigenvalue weighted by molar-refractivity contribution is 0.0321. The quantitative estimate of drug-likeness (QED) is 0.382. The van der Waals surface area contributed by atoms with Gasteiger partial charge in [-0.2, -0.15) is 5.10 Å². The van der Waals surface area contributed by atoms with Crippen molar-refractivity contribution >= 4 is 55.2 Å². The number of nitrogens with zero attached hydrogens (tertiary/aromatic N) is 4. The number of aromatic nitrogens is 4. The molecule has 1 aliphatic carbocycles. The first kappa shape index (κ1) is 17.6. The third kappa shape index (κ3) is 2.46. The molecule has 3 heterocycles. The van der Waals surface area contributed by atoms with Crippen LogP contribution in [0.15, 0.2) is 22.9 Å². The molecule has 1 unspecified atom stereocenters. The van der Waals surface area contributed by atoms with E-state index in [0.29, 0.717) is 17.7 Å². The first-order valence-electron chi connectivity index (χ1n) is 8.80. The van der Waals surface area contributed by atoms with E-state index in [1.54, 1.807) is 0 Å². The number of halogens is 2. The van der Waals surface area contributed by atoms with E-state index in [2.05, 4.69) is 83.5 Å². The zero-order valence-corrected chi connectivity index (χ0v) is 19.4. The summed E-state index contributed by atoms with van der Waals surface area (Å²) in [5.41, 5.74) is 5.43. The lowest BCUT2D eigenvalue weighted by atomic mass is 9.58. The second-order valence-corrected chi connectivity index (χ2v) is 10.5. The van der Waals surface area contributed by atoms with Crippen LogP contribution >= 0.6 is 44.3 Å². The minimum Gasteiger partial charge on any atom is -0.330 e. The van der Waals surface area contributed by atoms with E-state index in [4.69, 9.17) is 4.98 Å². The lowest BCUT2D eigenvalue weighted by Crippen LogP contribution is -2.59.